The number of benzene rings is 1. The number of nitrogens with zero attached hydrogens (tertiary/aromatic N) is 2. The summed E-state index contributed by atoms with van der Waals surface area (Å²) < 4.78 is 0. The van der Waals surface area contributed by atoms with E-state index in [-0.39, 0.29) is 6.54 Å². The molecule has 0 aliphatic heterocycles. The zero-order valence-electron chi connectivity index (χ0n) is 10.8. The Bertz CT molecular complexity index is 455. The van der Waals surface area contributed by atoms with Crippen molar-refractivity contribution in [1.29, 1.82) is 0 Å². The number of amides is 1. The van der Waals surface area contributed by atoms with Crippen molar-refractivity contribution in [1.82, 2.24) is 0 Å². The van der Waals surface area contributed by atoms with Gasteiger partial charge in [0.05, 0.1) is 12.3 Å². The predicted molar refractivity (Wildman–Crippen MR) is 70.1 cm³/mol. The number of carbonyl (C=O) groups excluding carboxylic acids is 1. The van der Waals surface area contributed by atoms with Gasteiger partial charge in [-0.3, -0.25) is 4.79 Å². The minimum absolute atomic E-state index is 0.144. The molecular formula is C13H18N2O3. The van der Waals surface area contributed by atoms with E-state index >= 15 is 0 Å². The van der Waals surface area contributed by atoms with Crippen LogP contribution in [0.3, 0.4) is 0 Å². The number of oxime groups is 1. The summed E-state index contributed by atoms with van der Waals surface area (Å²) in [6.07, 6.45) is -1.10. The van der Waals surface area contributed by atoms with E-state index in [4.69, 9.17) is 5.21 Å². The molecular weight excluding hydrogens is 232 g/mol. The van der Waals surface area contributed by atoms with E-state index in [1.807, 2.05) is 25.1 Å². The van der Waals surface area contributed by atoms with Crippen LogP contribution in [0.4, 0.5) is 5.69 Å². The first-order chi connectivity index (χ1) is 8.47. The van der Waals surface area contributed by atoms with Crippen LogP contribution in [-0.2, 0) is 4.79 Å². The van der Waals surface area contributed by atoms with Crippen LogP contribution in [0.5, 0.6) is 0 Å². The number of aliphatic hydroxyl groups is 1. The van der Waals surface area contributed by atoms with Crippen molar-refractivity contribution < 1.29 is 15.1 Å². The predicted octanol–water partition coefficient (Wildman–Crippen LogP) is 1.56. The standard InChI is InChI=1S/C13H18N2O3/c1-9-6-4-5-7-12(9)15(8-10(2)14-18)13(17)11(3)16/h4-7,11,16,18H,8H2,1-3H3. The van der Waals surface area contributed by atoms with Crippen LogP contribution in [-0.4, -0.2) is 34.6 Å². The zero-order chi connectivity index (χ0) is 13.7. The molecule has 1 atom stereocenters. The quantitative estimate of drug-likeness (QED) is 0.484. The molecule has 2 N–H and O–H groups in total. The summed E-state index contributed by atoms with van der Waals surface area (Å²) in [6.45, 7) is 5.05. The molecule has 1 unspecified atom stereocenters. The number of hydrogen-bond acceptors (Lipinski definition) is 4. The Morgan fingerprint density at radius 2 is 2.06 bits per heavy atom. The van der Waals surface area contributed by atoms with Crippen LogP contribution in [0.2, 0.25) is 0 Å². The second-order valence-electron chi connectivity index (χ2n) is 4.22. The van der Waals surface area contributed by atoms with Crippen molar-refractivity contribution in [3.63, 3.8) is 0 Å². The topological polar surface area (TPSA) is 73.1 Å². The fourth-order valence-corrected chi connectivity index (χ4v) is 1.63. The number of anilines is 1. The summed E-state index contributed by atoms with van der Waals surface area (Å²) in [7, 11) is 0. The zero-order valence-corrected chi connectivity index (χ0v) is 10.8. The van der Waals surface area contributed by atoms with Crippen LogP contribution < -0.4 is 4.90 Å². The molecule has 98 valence electrons. The molecule has 5 nitrogen and oxygen atoms in total. The second kappa shape index (κ2) is 6.16. The number of rotatable bonds is 4. The molecule has 0 spiro atoms. The molecule has 0 saturated heterocycles. The summed E-state index contributed by atoms with van der Waals surface area (Å²) in [5, 5.41) is 21.2. The highest BCUT2D eigenvalue weighted by atomic mass is 16.4. The first-order valence-electron chi connectivity index (χ1n) is 5.70. The van der Waals surface area contributed by atoms with E-state index in [1.165, 1.54) is 11.8 Å². The van der Waals surface area contributed by atoms with Gasteiger partial charge in [0, 0.05) is 5.69 Å². The van der Waals surface area contributed by atoms with E-state index in [2.05, 4.69) is 5.16 Å². The lowest BCUT2D eigenvalue weighted by Crippen LogP contribution is -2.41. The molecule has 0 aliphatic carbocycles. The van der Waals surface area contributed by atoms with Gasteiger partial charge in [-0.1, -0.05) is 23.4 Å². The average Bonchev–Trinajstić information content (AvgIpc) is 2.35. The lowest BCUT2D eigenvalue weighted by atomic mass is 10.1. The lowest BCUT2D eigenvalue weighted by Gasteiger charge is -2.25. The highest BCUT2D eigenvalue weighted by molar-refractivity contribution is 6.02. The van der Waals surface area contributed by atoms with Crippen molar-refractivity contribution in [3.8, 4) is 0 Å². The second-order valence-corrected chi connectivity index (χ2v) is 4.22. The minimum atomic E-state index is -1.10. The molecule has 0 radical (unpaired) electrons. The van der Waals surface area contributed by atoms with E-state index in [9.17, 15) is 9.90 Å². The summed E-state index contributed by atoms with van der Waals surface area (Å²) in [5.41, 5.74) is 2.01. The highest BCUT2D eigenvalue weighted by Gasteiger charge is 2.22. The summed E-state index contributed by atoms with van der Waals surface area (Å²) >= 11 is 0. The summed E-state index contributed by atoms with van der Waals surface area (Å²) in [4.78, 5) is 13.4. The van der Waals surface area contributed by atoms with Gasteiger partial charge in [-0.25, -0.2) is 0 Å². The molecule has 0 fully saturated rings. The van der Waals surface area contributed by atoms with E-state index in [0.29, 0.717) is 11.4 Å². The van der Waals surface area contributed by atoms with Crippen LogP contribution in [0, 0.1) is 6.92 Å². The first-order valence-corrected chi connectivity index (χ1v) is 5.70. The third kappa shape index (κ3) is 3.30. The Balaban J connectivity index is 3.12. The Morgan fingerprint density at radius 1 is 1.44 bits per heavy atom. The van der Waals surface area contributed by atoms with Crippen molar-refractivity contribution in [3.05, 3.63) is 29.8 Å². The maximum atomic E-state index is 12.0. The third-order valence-electron chi connectivity index (χ3n) is 2.59. The van der Waals surface area contributed by atoms with Gasteiger partial charge in [0.25, 0.3) is 5.91 Å². The van der Waals surface area contributed by atoms with Crippen molar-refractivity contribution in [2.45, 2.75) is 26.9 Å². The maximum absolute atomic E-state index is 12.0. The molecule has 1 aromatic carbocycles. The van der Waals surface area contributed by atoms with Crippen LogP contribution in [0.1, 0.15) is 19.4 Å². The number of hydrogen-bond donors (Lipinski definition) is 2. The van der Waals surface area contributed by atoms with Gasteiger partial charge in [0.15, 0.2) is 0 Å². The van der Waals surface area contributed by atoms with Gasteiger partial charge < -0.3 is 15.2 Å². The van der Waals surface area contributed by atoms with Gasteiger partial charge in [0.2, 0.25) is 0 Å². The lowest BCUT2D eigenvalue weighted by molar-refractivity contribution is -0.125. The monoisotopic (exact) mass is 250 g/mol. The largest absolute Gasteiger partial charge is 0.411 e. The Morgan fingerprint density at radius 3 is 2.56 bits per heavy atom. The average molecular weight is 250 g/mol. The highest BCUT2D eigenvalue weighted by Crippen LogP contribution is 2.20. The molecule has 0 aromatic heterocycles. The Hall–Kier alpha value is -1.88. The molecule has 1 amide bonds. The molecule has 5 heteroatoms. The molecule has 0 heterocycles. The van der Waals surface area contributed by atoms with Crippen LogP contribution in [0.25, 0.3) is 0 Å². The fraction of sp³-hybridized carbons (Fsp3) is 0.385. The first kappa shape index (κ1) is 14.2. The van der Waals surface area contributed by atoms with Gasteiger partial charge in [-0.2, -0.15) is 0 Å². The van der Waals surface area contributed by atoms with Crippen molar-refractivity contribution in [2.75, 3.05) is 11.4 Å². The molecule has 0 saturated carbocycles. The third-order valence-corrected chi connectivity index (χ3v) is 2.59. The smallest absolute Gasteiger partial charge is 0.255 e. The molecule has 0 aliphatic rings. The molecule has 1 rings (SSSR count). The van der Waals surface area contributed by atoms with E-state index in [1.54, 1.807) is 13.0 Å². The number of carbonyl (C=O) groups is 1. The number of aliphatic hydroxyl groups excluding tert-OH is 1. The SMILES string of the molecule is CC(CN(C(=O)C(C)O)c1ccccc1C)=NO. The van der Waals surface area contributed by atoms with E-state index in [0.717, 1.165) is 5.56 Å². The Kier molecular flexibility index (Phi) is 4.85. The Labute approximate surface area is 106 Å². The van der Waals surface area contributed by atoms with Gasteiger partial charge >= 0.3 is 0 Å². The van der Waals surface area contributed by atoms with Crippen LogP contribution >= 0.6 is 0 Å². The van der Waals surface area contributed by atoms with Crippen molar-refractivity contribution in [2.24, 2.45) is 5.16 Å². The van der Waals surface area contributed by atoms with E-state index < -0.39 is 12.0 Å². The fourth-order valence-electron chi connectivity index (χ4n) is 1.63. The molecule has 18 heavy (non-hydrogen) atoms. The summed E-state index contributed by atoms with van der Waals surface area (Å²) in [5.74, 6) is -0.424. The van der Waals surface area contributed by atoms with Crippen LogP contribution in [0.15, 0.2) is 29.4 Å². The molecule has 1 aromatic rings. The number of para-hydroxylation sites is 1. The van der Waals surface area contributed by atoms with Gasteiger partial charge in [0.1, 0.15) is 6.10 Å². The maximum Gasteiger partial charge on any atom is 0.255 e. The van der Waals surface area contributed by atoms with Gasteiger partial charge in [-0.05, 0) is 32.4 Å². The summed E-state index contributed by atoms with van der Waals surface area (Å²) in [6, 6.07) is 7.36. The normalized spacial score (nSPS) is 13.2. The van der Waals surface area contributed by atoms with Crippen molar-refractivity contribution >= 4 is 17.3 Å². The minimum Gasteiger partial charge on any atom is -0.411 e. The number of aryl methyl sites for hydroxylation is 1. The van der Waals surface area contributed by atoms with Gasteiger partial charge in [-0.15, -0.1) is 0 Å². The molecule has 0 bridgehead atoms.